The molecule has 1 aromatic heterocycles. The van der Waals surface area contributed by atoms with Crippen LogP contribution >= 0.6 is 0 Å². The molecule has 0 bridgehead atoms. The molecule has 1 saturated heterocycles. The molecular formula is C21H25N5O4. The van der Waals surface area contributed by atoms with E-state index in [-0.39, 0.29) is 17.9 Å². The summed E-state index contributed by atoms with van der Waals surface area (Å²) in [5.74, 6) is -0.432. The number of nitrogens with one attached hydrogen (secondary N) is 2. The van der Waals surface area contributed by atoms with Crippen LogP contribution in [0.3, 0.4) is 0 Å². The predicted octanol–water partition coefficient (Wildman–Crippen LogP) is 1.62. The van der Waals surface area contributed by atoms with Crippen LogP contribution in [0.2, 0.25) is 0 Å². The number of amides is 3. The highest BCUT2D eigenvalue weighted by molar-refractivity contribution is 5.91. The average Bonchev–Trinajstić information content (AvgIpc) is 2.79. The zero-order valence-electron chi connectivity index (χ0n) is 16.8. The molecule has 2 N–H and O–H groups in total. The van der Waals surface area contributed by atoms with E-state index in [1.807, 2.05) is 30.3 Å². The number of carbonyl (C=O) groups is 3. The summed E-state index contributed by atoms with van der Waals surface area (Å²) in [6.07, 6.45) is 5.93. The number of anilines is 1. The van der Waals surface area contributed by atoms with Gasteiger partial charge in [-0.2, -0.15) is 0 Å². The van der Waals surface area contributed by atoms with Gasteiger partial charge in [-0.15, -0.1) is 0 Å². The number of esters is 1. The Kier molecular flexibility index (Phi) is 7.31. The molecule has 2 aromatic rings. The highest BCUT2D eigenvalue weighted by atomic mass is 16.5. The van der Waals surface area contributed by atoms with Crippen LogP contribution in [0.25, 0.3) is 0 Å². The van der Waals surface area contributed by atoms with Gasteiger partial charge in [-0.1, -0.05) is 30.3 Å². The summed E-state index contributed by atoms with van der Waals surface area (Å²) in [6, 6.07) is 8.31. The maximum Gasteiger partial charge on any atom is 0.328 e. The fourth-order valence-electron chi connectivity index (χ4n) is 3.36. The quantitative estimate of drug-likeness (QED) is 0.699. The van der Waals surface area contributed by atoms with Gasteiger partial charge in [0.2, 0.25) is 5.91 Å². The van der Waals surface area contributed by atoms with E-state index >= 15 is 0 Å². The zero-order valence-corrected chi connectivity index (χ0v) is 16.8. The second kappa shape index (κ2) is 10.3. The lowest BCUT2D eigenvalue weighted by molar-refractivity contribution is -0.142. The minimum atomic E-state index is -0.775. The molecule has 0 aliphatic carbocycles. The van der Waals surface area contributed by atoms with Crippen LogP contribution in [0.4, 0.5) is 10.6 Å². The van der Waals surface area contributed by atoms with Gasteiger partial charge in [0, 0.05) is 37.8 Å². The Bertz CT molecular complexity index is 854. The van der Waals surface area contributed by atoms with E-state index in [9.17, 15) is 14.4 Å². The number of nitrogens with zero attached hydrogens (tertiary/aromatic N) is 3. The monoisotopic (exact) mass is 411 g/mol. The molecule has 2 heterocycles. The first kappa shape index (κ1) is 21.2. The average molecular weight is 411 g/mol. The third-order valence-electron chi connectivity index (χ3n) is 5.03. The number of hydrogen-bond donors (Lipinski definition) is 2. The fourth-order valence-corrected chi connectivity index (χ4v) is 3.36. The van der Waals surface area contributed by atoms with Crippen LogP contribution in [-0.4, -0.2) is 59.0 Å². The normalized spacial score (nSPS) is 15.2. The standard InChI is InChI=1S/C21H25N5O4/c1-30-20(28)17(13-15-5-3-2-4-6-15)24-21(29)26-11-7-16(8-12-26)19(27)25-18-14-22-9-10-23-18/h2-6,9-10,14,16-17H,7-8,11-13H2,1H3,(H,24,29)(H,23,25,27)/t17-/m0/s1. The van der Waals surface area contributed by atoms with Crippen LogP contribution in [0.1, 0.15) is 18.4 Å². The summed E-state index contributed by atoms with van der Waals surface area (Å²) < 4.78 is 4.84. The molecule has 1 aliphatic heterocycles. The molecule has 1 aromatic carbocycles. The summed E-state index contributed by atoms with van der Waals surface area (Å²) in [5.41, 5.74) is 0.924. The van der Waals surface area contributed by atoms with E-state index in [0.29, 0.717) is 38.2 Å². The SMILES string of the molecule is COC(=O)[C@H](Cc1ccccc1)NC(=O)N1CCC(C(=O)Nc2cnccn2)CC1. The van der Waals surface area contributed by atoms with Crippen molar-refractivity contribution in [2.24, 2.45) is 5.92 Å². The smallest absolute Gasteiger partial charge is 0.328 e. The van der Waals surface area contributed by atoms with E-state index < -0.39 is 12.0 Å². The lowest BCUT2D eigenvalue weighted by atomic mass is 9.96. The zero-order chi connectivity index (χ0) is 21.3. The number of piperidine rings is 1. The molecular weight excluding hydrogens is 386 g/mol. The lowest BCUT2D eigenvalue weighted by Crippen LogP contribution is -2.51. The molecule has 1 aliphatic rings. The Hall–Kier alpha value is -3.49. The van der Waals surface area contributed by atoms with E-state index in [1.165, 1.54) is 25.7 Å². The van der Waals surface area contributed by atoms with E-state index in [0.717, 1.165) is 5.56 Å². The topological polar surface area (TPSA) is 114 Å². The first-order chi connectivity index (χ1) is 14.6. The van der Waals surface area contributed by atoms with Gasteiger partial charge >= 0.3 is 12.0 Å². The van der Waals surface area contributed by atoms with Gasteiger partial charge in [0.05, 0.1) is 13.3 Å². The van der Waals surface area contributed by atoms with Crippen LogP contribution in [-0.2, 0) is 20.7 Å². The summed E-state index contributed by atoms with van der Waals surface area (Å²) in [4.78, 5) is 46.8. The second-order valence-electron chi connectivity index (χ2n) is 7.06. The number of urea groups is 1. The Balaban J connectivity index is 1.52. The Labute approximate surface area is 174 Å². The van der Waals surface area contributed by atoms with E-state index in [2.05, 4.69) is 20.6 Å². The molecule has 0 spiro atoms. The number of aromatic nitrogens is 2. The molecule has 9 nitrogen and oxygen atoms in total. The first-order valence-electron chi connectivity index (χ1n) is 9.81. The first-order valence-corrected chi connectivity index (χ1v) is 9.81. The molecule has 3 amide bonds. The molecule has 3 rings (SSSR count). The van der Waals surface area contributed by atoms with Gasteiger partial charge in [0.1, 0.15) is 6.04 Å². The van der Waals surface area contributed by atoms with Gasteiger partial charge < -0.3 is 20.3 Å². The molecule has 0 unspecified atom stereocenters. The minimum absolute atomic E-state index is 0.132. The maximum atomic E-state index is 12.7. The van der Waals surface area contributed by atoms with Crippen molar-refractivity contribution in [2.75, 3.05) is 25.5 Å². The third-order valence-corrected chi connectivity index (χ3v) is 5.03. The third kappa shape index (κ3) is 5.76. The van der Waals surface area contributed by atoms with Gasteiger partial charge in [-0.05, 0) is 18.4 Å². The largest absolute Gasteiger partial charge is 0.467 e. The number of carbonyl (C=O) groups excluding carboxylic acids is 3. The fraction of sp³-hybridized carbons (Fsp3) is 0.381. The highest BCUT2D eigenvalue weighted by Crippen LogP contribution is 2.19. The number of likely N-dealkylation sites (tertiary alicyclic amines) is 1. The van der Waals surface area contributed by atoms with Crippen molar-refractivity contribution in [1.29, 1.82) is 0 Å². The molecule has 0 radical (unpaired) electrons. The van der Waals surface area contributed by atoms with Gasteiger partial charge in [-0.25, -0.2) is 14.6 Å². The predicted molar refractivity (Wildman–Crippen MR) is 109 cm³/mol. The lowest BCUT2D eigenvalue weighted by Gasteiger charge is -2.32. The Morgan fingerprint density at radius 3 is 2.53 bits per heavy atom. The van der Waals surface area contributed by atoms with Crippen molar-refractivity contribution < 1.29 is 19.1 Å². The summed E-state index contributed by atoms with van der Waals surface area (Å²) in [5, 5.41) is 5.51. The van der Waals surface area contributed by atoms with Crippen molar-refractivity contribution in [3.05, 3.63) is 54.5 Å². The molecule has 30 heavy (non-hydrogen) atoms. The van der Waals surface area contributed by atoms with Crippen LogP contribution in [0.15, 0.2) is 48.9 Å². The molecule has 9 heteroatoms. The number of benzene rings is 1. The molecule has 0 saturated carbocycles. The van der Waals surface area contributed by atoms with Crippen molar-refractivity contribution in [2.45, 2.75) is 25.3 Å². The minimum Gasteiger partial charge on any atom is -0.467 e. The summed E-state index contributed by atoms with van der Waals surface area (Å²) in [6.45, 7) is 0.841. The highest BCUT2D eigenvalue weighted by Gasteiger charge is 2.30. The van der Waals surface area contributed by atoms with E-state index in [1.54, 1.807) is 4.90 Å². The Morgan fingerprint density at radius 2 is 1.90 bits per heavy atom. The summed E-state index contributed by atoms with van der Waals surface area (Å²) >= 11 is 0. The Morgan fingerprint density at radius 1 is 1.17 bits per heavy atom. The van der Waals surface area contributed by atoms with Crippen molar-refractivity contribution in [3.63, 3.8) is 0 Å². The molecule has 1 atom stereocenters. The van der Waals surface area contributed by atoms with Gasteiger partial charge in [0.15, 0.2) is 5.82 Å². The van der Waals surface area contributed by atoms with Crippen molar-refractivity contribution >= 4 is 23.7 Å². The van der Waals surface area contributed by atoms with Crippen LogP contribution < -0.4 is 10.6 Å². The van der Waals surface area contributed by atoms with Crippen LogP contribution in [0, 0.1) is 5.92 Å². The summed E-state index contributed by atoms with van der Waals surface area (Å²) in [7, 11) is 1.30. The number of ether oxygens (including phenoxy) is 1. The van der Waals surface area contributed by atoms with Gasteiger partial charge in [0.25, 0.3) is 0 Å². The van der Waals surface area contributed by atoms with Crippen molar-refractivity contribution in [1.82, 2.24) is 20.2 Å². The maximum absolute atomic E-state index is 12.7. The number of methoxy groups -OCH3 is 1. The number of rotatable bonds is 6. The molecule has 1 fully saturated rings. The van der Waals surface area contributed by atoms with Crippen molar-refractivity contribution in [3.8, 4) is 0 Å². The van der Waals surface area contributed by atoms with Crippen LogP contribution in [0.5, 0.6) is 0 Å². The number of hydrogen-bond acceptors (Lipinski definition) is 6. The second-order valence-corrected chi connectivity index (χ2v) is 7.06. The molecule has 158 valence electrons. The van der Waals surface area contributed by atoms with Gasteiger partial charge in [-0.3, -0.25) is 9.78 Å². The van der Waals surface area contributed by atoms with E-state index in [4.69, 9.17) is 4.74 Å².